The lowest BCUT2D eigenvalue weighted by Crippen LogP contribution is -2.38. The summed E-state index contributed by atoms with van der Waals surface area (Å²) < 4.78 is 18.3. The van der Waals surface area contributed by atoms with Crippen LogP contribution in [0.2, 0.25) is 0 Å². The summed E-state index contributed by atoms with van der Waals surface area (Å²) in [6, 6.07) is 34.5. The van der Waals surface area contributed by atoms with E-state index >= 15 is 0 Å². The monoisotopic (exact) mass is 595 g/mol. The Morgan fingerprint density at radius 2 is 1.63 bits per heavy atom. The van der Waals surface area contributed by atoms with Crippen molar-refractivity contribution in [2.75, 3.05) is 12.4 Å². The molecule has 0 spiro atoms. The van der Waals surface area contributed by atoms with Gasteiger partial charge in [-0.2, -0.15) is 0 Å². The molecule has 4 aromatic carbocycles. The van der Waals surface area contributed by atoms with E-state index in [1.54, 1.807) is 11.8 Å². The molecule has 2 N–H and O–H groups in total. The van der Waals surface area contributed by atoms with Gasteiger partial charge in [0.25, 0.3) is 0 Å². The molecule has 0 bridgehead atoms. The van der Waals surface area contributed by atoms with Gasteiger partial charge in [0.05, 0.1) is 18.8 Å². The third kappa shape index (κ3) is 7.94. The summed E-state index contributed by atoms with van der Waals surface area (Å²) in [6.07, 6.45) is 0.311. The van der Waals surface area contributed by atoms with E-state index in [4.69, 9.17) is 14.2 Å². The first-order valence-corrected chi connectivity index (χ1v) is 15.4. The van der Waals surface area contributed by atoms with Crippen LogP contribution in [0.1, 0.15) is 41.6 Å². The Labute approximate surface area is 257 Å². The molecular formula is C36H37NO5S. The van der Waals surface area contributed by atoms with E-state index in [1.807, 2.05) is 66.7 Å². The average Bonchev–Trinajstić information content (AvgIpc) is 3.06. The van der Waals surface area contributed by atoms with Crippen LogP contribution in [0.4, 0.5) is 4.79 Å². The van der Waals surface area contributed by atoms with Crippen LogP contribution in [0.15, 0.2) is 121 Å². The minimum atomic E-state index is -0.536. The van der Waals surface area contributed by atoms with Crippen LogP contribution in [-0.4, -0.2) is 29.7 Å². The lowest BCUT2D eigenvalue weighted by molar-refractivity contribution is -0.268. The molecule has 5 rings (SSSR count). The summed E-state index contributed by atoms with van der Waals surface area (Å²) in [5.41, 5.74) is 5.90. The number of nitrogens with one attached hydrogen (secondary N) is 1. The predicted octanol–water partition coefficient (Wildman–Crippen LogP) is 7.84. The Hall–Kier alpha value is -3.88. The van der Waals surface area contributed by atoms with Crippen LogP contribution in [0.25, 0.3) is 11.1 Å². The largest absolute Gasteiger partial charge is 0.445 e. The Kier molecular flexibility index (Phi) is 10.7. The highest BCUT2D eigenvalue weighted by Crippen LogP contribution is 2.43. The SMILES string of the molecule is C=CCOC(=O)NCc1ccccc1-c1ccc(C2OC(CSc3ccccc3)C(C)C(c3ccc(CO)cc3)O2)cc1. The highest BCUT2D eigenvalue weighted by atomic mass is 32.2. The van der Waals surface area contributed by atoms with Crippen LogP contribution in [-0.2, 0) is 27.4 Å². The lowest BCUT2D eigenvalue weighted by Gasteiger charge is -2.41. The summed E-state index contributed by atoms with van der Waals surface area (Å²) in [7, 11) is 0. The second kappa shape index (κ2) is 15.0. The normalized spacial score (nSPS) is 19.9. The van der Waals surface area contributed by atoms with Crippen LogP contribution < -0.4 is 5.32 Å². The third-order valence-corrected chi connectivity index (χ3v) is 8.65. The number of hydrogen-bond donors (Lipinski definition) is 2. The molecule has 0 saturated carbocycles. The van der Waals surface area contributed by atoms with Crippen molar-refractivity contribution in [1.29, 1.82) is 0 Å². The number of hydrogen-bond acceptors (Lipinski definition) is 6. The number of alkyl carbamates (subject to hydrolysis) is 1. The van der Waals surface area contributed by atoms with Crippen LogP contribution >= 0.6 is 11.8 Å². The molecule has 7 heteroatoms. The maximum absolute atomic E-state index is 12.0. The van der Waals surface area contributed by atoms with Crippen molar-refractivity contribution >= 4 is 17.9 Å². The Bertz CT molecular complexity index is 1480. The van der Waals surface area contributed by atoms with E-state index in [0.29, 0.717) is 6.54 Å². The highest BCUT2D eigenvalue weighted by molar-refractivity contribution is 7.99. The summed E-state index contributed by atoms with van der Waals surface area (Å²) >= 11 is 1.79. The molecular weight excluding hydrogens is 558 g/mol. The zero-order valence-electron chi connectivity index (χ0n) is 24.2. The number of carbonyl (C=O) groups is 1. The van der Waals surface area contributed by atoms with Gasteiger partial charge in [-0.15, -0.1) is 11.8 Å². The molecule has 1 aliphatic rings. The van der Waals surface area contributed by atoms with E-state index in [-0.39, 0.29) is 31.3 Å². The molecule has 1 heterocycles. The molecule has 222 valence electrons. The lowest BCUT2D eigenvalue weighted by atomic mass is 9.91. The van der Waals surface area contributed by atoms with Gasteiger partial charge in [0, 0.05) is 28.7 Å². The molecule has 1 fully saturated rings. The molecule has 0 aliphatic carbocycles. The molecule has 0 radical (unpaired) electrons. The smallest absolute Gasteiger partial charge is 0.407 e. The third-order valence-electron chi connectivity index (χ3n) is 7.55. The van der Waals surface area contributed by atoms with Gasteiger partial charge in [0.15, 0.2) is 6.29 Å². The number of rotatable bonds is 11. The Morgan fingerprint density at radius 3 is 2.35 bits per heavy atom. The van der Waals surface area contributed by atoms with Crippen molar-refractivity contribution in [3.63, 3.8) is 0 Å². The first-order valence-electron chi connectivity index (χ1n) is 14.4. The van der Waals surface area contributed by atoms with Crippen LogP contribution in [0.5, 0.6) is 0 Å². The highest BCUT2D eigenvalue weighted by Gasteiger charge is 2.38. The first kappa shape index (κ1) is 30.6. The minimum Gasteiger partial charge on any atom is -0.445 e. The van der Waals surface area contributed by atoms with Crippen LogP contribution in [0.3, 0.4) is 0 Å². The van der Waals surface area contributed by atoms with Gasteiger partial charge >= 0.3 is 6.09 Å². The molecule has 43 heavy (non-hydrogen) atoms. The van der Waals surface area contributed by atoms with Crippen molar-refractivity contribution in [1.82, 2.24) is 5.32 Å². The van der Waals surface area contributed by atoms with Crippen molar-refractivity contribution in [3.8, 4) is 11.1 Å². The first-order chi connectivity index (χ1) is 21.1. The van der Waals surface area contributed by atoms with Gasteiger partial charge in [-0.05, 0) is 39.9 Å². The van der Waals surface area contributed by atoms with Gasteiger partial charge in [-0.25, -0.2) is 4.79 Å². The van der Waals surface area contributed by atoms with Crippen LogP contribution in [0, 0.1) is 5.92 Å². The number of carbonyl (C=O) groups excluding carboxylic acids is 1. The van der Waals surface area contributed by atoms with E-state index in [1.165, 1.54) is 11.0 Å². The number of benzene rings is 4. The Morgan fingerprint density at radius 1 is 0.930 bits per heavy atom. The predicted molar refractivity (Wildman–Crippen MR) is 170 cm³/mol. The summed E-state index contributed by atoms with van der Waals surface area (Å²) in [6.45, 7) is 6.27. The summed E-state index contributed by atoms with van der Waals surface area (Å²) in [5, 5.41) is 12.3. The average molecular weight is 596 g/mol. The topological polar surface area (TPSA) is 77.0 Å². The Balaban J connectivity index is 1.35. The van der Waals surface area contributed by atoms with E-state index < -0.39 is 12.4 Å². The van der Waals surface area contributed by atoms with E-state index in [9.17, 15) is 9.90 Å². The molecule has 0 aromatic heterocycles. The van der Waals surface area contributed by atoms with Crippen molar-refractivity contribution < 1.29 is 24.1 Å². The van der Waals surface area contributed by atoms with Gasteiger partial charge in [-0.3, -0.25) is 0 Å². The van der Waals surface area contributed by atoms with Crippen molar-refractivity contribution in [3.05, 3.63) is 138 Å². The fourth-order valence-corrected chi connectivity index (χ4v) is 6.22. The van der Waals surface area contributed by atoms with Gasteiger partial charge in [-0.1, -0.05) is 111 Å². The number of thioether (sulfide) groups is 1. The maximum atomic E-state index is 12.0. The molecule has 4 unspecified atom stereocenters. The minimum absolute atomic E-state index is 0.00830. The van der Waals surface area contributed by atoms with E-state index in [2.05, 4.69) is 55.2 Å². The standard InChI is InChI=1S/C36H37NO5S/c1-3-21-40-36(39)37-22-30-9-7-8-12-32(30)27-17-19-29(20-18-27)35-41-33(24-43-31-10-5-4-6-11-31)25(2)34(42-35)28-15-13-26(23-38)14-16-28/h3-20,25,33-35,38H,1,21-24H2,2H3,(H,37,39). The molecule has 1 amide bonds. The second-order valence-corrected chi connectivity index (χ2v) is 11.6. The van der Waals surface area contributed by atoms with Crippen molar-refractivity contribution in [2.24, 2.45) is 5.92 Å². The van der Waals surface area contributed by atoms with Gasteiger partial charge in [0.1, 0.15) is 6.61 Å². The fraction of sp³-hybridized carbons (Fsp3) is 0.250. The number of amides is 1. The second-order valence-electron chi connectivity index (χ2n) is 10.5. The maximum Gasteiger partial charge on any atom is 0.407 e. The molecule has 1 aliphatic heterocycles. The van der Waals surface area contributed by atoms with Crippen molar-refractivity contribution in [2.45, 2.75) is 43.5 Å². The molecule has 6 nitrogen and oxygen atoms in total. The van der Waals surface area contributed by atoms with Gasteiger partial charge < -0.3 is 24.6 Å². The summed E-state index contributed by atoms with van der Waals surface area (Å²) in [5.74, 6) is 0.911. The number of ether oxygens (including phenoxy) is 3. The zero-order valence-corrected chi connectivity index (χ0v) is 25.0. The molecule has 1 saturated heterocycles. The molecule has 4 atom stereocenters. The quantitative estimate of drug-likeness (QED) is 0.136. The number of aliphatic hydroxyl groups is 1. The number of aliphatic hydroxyl groups excluding tert-OH is 1. The van der Waals surface area contributed by atoms with Gasteiger partial charge in [0.2, 0.25) is 0 Å². The fourth-order valence-electron chi connectivity index (χ4n) is 5.13. The zero-order chi connectivity index (χ0) is 30.0. The summed E-state index contributed by atoms with van der Waals surface area (Å²) in [4.78, 5) is 13.2. The molecule has 4 aromatic rings. The van der Waals surface area contributed by atoms with E-state index in [0.717, 1.165) is 39.1 Å².